The van der Waals surface area contributed by atoms with Crippen LogP contribution in [0.4, 0.5) is 10.2 Å². The Balaban J connectivity index is 1.75. The van der Waals surface area contributed by atoms with Gasteiger partial charge in [-0.1, -0.05) is 17.7 Å². The summed E-state index contributed by atoms with van der Waals surface area (Å²) in [7, 11) is 0. The molecule has 2 aromatic rings. The highest BCUT2D eigenvalue weighted by Gasteiger charge is 2.13. The second-order valence-electron chi connectivity index (χ2n) is 5.48. The lowest BCUT2D eigenvalue weighted by Crippen LogP contribution is -2.44. The molecule has 0 bridgehead atoms. The number of benzene rings is 1. The van der Waals surface area contributed by atoms with E-state index in [9.17, 15) is 9.18 Å². The molecule has 5 nitrogen and oxygen atoms in total. The van der Waals surface area contributed by atoms with Crippen LogP contribution >= 0.6 is 11.6 Å². The number of aryl methyl sites for hydroxylation is 2. The number of piperazine rings is 1. The van der Waals surface area contributed by atoms with Crippen molar-refractivity contribution in [1.82, 2.24) is 15.1 Å². The van der Waals surface area contributed by atoms with E-state index in [2.05, 4.69) is 15.3 Å². The molecule has 0 saturated carbocycles. The highest BCUT2D eigenvalue weighted by atomic mass is 35.5. The molecular formula is C16H18ClFN4O. The second kappa shape index (κ2) is 7.10. The smallest absolute Gasteiger partial charge is 0.266 e. The van der Waals surface area contributed by atoms with Crippen LogP contribution < -0.4 is 15.8 Å². The molecule has 7 heteroatoms. The number of aromatic nitrogens is 2. The van der Waals surface area contributed by atoms with E-state index in [-0.39, 0.29) is 11.4 Å². The highest BCUT2D eigenvalue weighted by Crippen LogP contribution is 2.15. The van der Waals surface area contributed by atoms with E-state index in [0.717, 1.165) is 32.0 Å². The zero-order chi connectivity index (χ0) is 16.2. The standard InChI is InChI=1S/C16H18ClFN4O/c17-13-2-1-12(14(18)11-13)5-8-22-16(23)4-3-15(20-22)21-9-6-19-7-10-21/h1-4,11,19H,5-10H2. The third kappa shape index (κ3) is 3.89. The third-order valence-corrected chi connectivity index (χ3v) is 4.14. The van der Waals surface area contributed by atoms with Gasteiger partial charge in [-0.2, -0.15) is 5.10 Å². The minimum Gasteiger partial charge on any atom is -0.353 e. The largest absolute Gasteiger partial charge is 0.353 e. The average Bonchev–Trinajstić information content (AvgIpc) is 2.56. The van der Waals surface area contributed by atoms with Crippen LogP contribution in [0.2, 0.25) is 5.02 Å². The number of nitrogens with one attached hydrogen (secondary N) is 1. The number of hydrogen-bond donors (Lipinski definition) is 1. The monoisotopic (exact) mass is 336 g/mol. The summed E-state index contributed by atoms with van der Waals surface area (Å²) in [6.07, 6.45) is 0.390. The van der Waals surface area contributed by atoms with E-state index >= 15 is 0 Å². The van der Waals surface area contributed by atoms with Gasteiger partial charge in [-0.3, -0.25) is 4.79 Å². The molecule has 0 unspecified atom stereocenters. The van der Waals surface area contributed by atoms with E-state index in [4.69, 9.17) is 11.6 Å². The van der Waals surface area contributed by atoms with E-state index in [1.165, 1.54) is 16.8 Å². The van der Waals surface area contributed by atoms with Gasteiger partial charge in [0.25, 0.3) is 5.56 Å². The van der Waals surface area contributed by atoms with Gasteiger partial charge in [0, 0.05) is 43.8 Å². The van der Waals surface area contributed by atoms with Gasteiger partial charge < -0.3 is 10.2 Å². The first kappa shape index (κ1) is 16.0. The Morgan fingerprint density at radius 3 is 2.74 bits per heavy atom. The summed E-state index contributed by atoms with van der Waals surface area (Å²) in [5, 5.41) is 8.05. The van der Waals surface area contributed by atoms with Crippen LogP contribution in [0, 0.1) is 5.82 Å². The number of rotatable bonds is 4. The molecule has 1 aliphatic rings. The van der Waals surface area contributed by atoms with E-state index < -0.39 is 0 Å². The molecule has 0 aliphatic carbocycles. The van der Waals surface area contributed by atoms with Crippen LogP contribution in [-0.2, 0) is 13.0 Å². The molecule has 0 amide bonds. The molecule has 3 rings (SSSR count). The van der Waals surface area contributed by atoms with Gasteiger partial charge in [-0.25, -0.2) is 9.07 Å². The zero-order valence-electron chi connectivity index (χ0n) is 12.6. The Morgan fingerprint density at radius 1 is 1.22 bits per heavy atom. The number of nitrogens with zero attached hydrogens (tertiary/aromatic N) is 3. The Labute approximate surface area is 138 Å². The number of halogens is 2. The molecular weight excluding hydrogens is 319 g/mol. The lowest BCUT2D eigenvalue weighted by molar-refractivity contribution is 0.537. The quantitative estimate of drug-likeness (QED) is 0.923. The molecule has 0 atom stereocenters. The first-order valence-corrected chi connectivity index (χ1v) is 7.99. The van der Waals surface area contributed by atoms with E-state index in [1.807, 2.05) is 0 Å². The molecule has 1 aromatic heterocycles. The van der Waals surface area contributed by atoms with Crippen molar-refractivity contribution in [3.63, 3.8) is 0 Å². The minimum absolute atomic E-state index is 0.182. The lowest BCUT2D eigenvalue weighted by atomic mass is 10.1. The van der Waals surface area contributed by atoms with Crippen molar-refractivity contribution < 1.29 is 4.39 Å². The van der Waals surface area contributed by atoms with Crippen molar-refractivity contribution in [1.29, 1.82) is 0 Å². The molecule has 1 aromatic carbocycles. The highest BCUT2D eigenvalue weighted by molar-refractivity contribution is 6.30. The predicted molar refractivity (Wildman–Crippen MR) is 88.7 cm³/mol. The maximum absolute atomic E-state index is 13.8. The van der Waals surface area contributed by atoms with Crippen LogP contribution in [0.15, 0.2) is 35.1 Å². The first-order chi connectivity index (χ1) is 11.1. The topological polar surface area (TPSA) is 50.2 Å². The van der Waals surface area contributed by atoms with Crippen LogP contribution in [0.1, 0.15) is 5.56 Å². The van der Waals surface area contributed by atoms with Gasteiger partial charge in [-0.05, 0) is 30.2 Å². The van der Waals surface area contributed by atoms with Crippen molar-refractivity contribution in [3.05, 3.63) is 57.1 Å². The van der Waals surface area contributed by atoms with Crippen molar-refractivity contribution in [2.24, 2.45) is 0 Å². The predicted octanol–water partition coefficient (Wildman–Crippen LogP) is 1.69. The fourth-order valence-electron chi connectivity index (χ4n) is 2.61. The van der Waals surface area contributed by atoms with E-state index in [1.54, 1.807) is 18.2 Å². The summed E-state index contributed by atoms with van der Waals surface area (Å²) in [4.78, 5) is 14.1. The first-order valence-electron chi connectivity index (χ1n) is 7.61. The summed E-state index contributed by atoms with van der Waals surface area (Å²) in [5.74, 6) is 0.423. The molecule has 1 aliphatic heterocycles. The normalized spacial score (nSPS) is 15.0. The average molecular weight is 337 g/mol. The Hall–Kier alpha value is -1.92. The van der Waals surface area contributed by atoms with Crippen LogP contribution in [-0.4, -0.2) is 36.0 Å². The van der Waals surface area contributed by atoms with Crippen LogP contribution in [0.25, 0.3) is 0 Å². The summed E-state index contributed by atoms with van der Waals surface area (Å²) >= 11 is 5.75. The van der Waals surface area contributed by atoms with Crippen molar-refractivity contribution in [2.45, 2.75) is 13.0 Å². The van der Waals surface area contributed by atoms with Gasteiger partial charge in [0.1, 0.15) is 11.6 Å². The number of anilines is 1. The Bertz CT molecular complexity index is 743. The third-order valence-electron chi connectivity index (χ3n) is 3.90. The molecule has 1 fully saturated rings. The molecule has 1 saturated heterocycles. The van der Waals surface area contributed by atoms with Gasteiger partial charge in [0.05, 0.1) is 0 Å². The molecule has 0 spiro atoms. The Kier molecular flexibility index (Phi) is 4.93. The van der Waals surface area contributed by atoms with Crippen molar-refractivity contribution >= 4 is 17.4 Å². The maximum Gasteiger partial charge on any atom is 0.266 e. The Morgan fingerprint density at radius 2 is 2.00 bits per heavy atom. The molecule has 2 heterocycles. The van der Waals surface area contributed by atoms with Crippen LogP contribution in [0.5, 0.6) is 0 Å². The maximum atomic E-state index is 13.8. The SMILES string of the molecule is O=c1ccc(N2CCNCC2)nn1CCc1ccc(Cl)cc1F. The van der Waals surface area contributed by atoms with Gasteiger partial charge in [-0.15, -0.1) is 0 Å². The van der Waals surface area contributed by atoms with Crippen LogP contribution in [0.3, 0.4) is 0 Å². The second-order valence-corrected chi connectivity index (χ2v) is 5.91. The van der Waals surface area contributed by atoms with Gasteiger partial charge in [0.2, 0.25) is 0 Å². The summed E-state index contributed by atoms with van der Waals surface area (Å²) in [6, 6.07) is 7.83. The lowest BCUT2D eigenvalue weighted by Gasteiger charge is -2.28. The molecule has 1 N–H and O–H groups in total. The molecule has 23 heavy (non-hydrogen) atoms. The van der Waals surface area contributed by atoms with Crippen molar-refractivity contribution in [3.8, 4) is 0 Å². The molecule has 122 valence electrons. The summed E-state index contributed by atoms with van der Waals surface area (Å²) in [5.41, 5.74) is 0.342. The van der Waals surface area contributed by atoms with Crippen molar-refractivity contribution in [2.75, 3.05) is 31.1 Å². The van der Waals surface area contributed by atoms with Gasteiger partial charge >= 0.3 is 0 Å². The fourth-order valence-corrected chi connectivity index (χ4v) is 2.77. The van der Waals surface area contributed by atoms with Gasteiger partial charge in [0.15, 0.2) is 0 Å². The number of hydrogen-bond acceptors (Lipinski definition) is 4. The zero-order valence-corrected chi connectivity index (χ0v) is 13.4. The van der Waals surface area contributed by atoms with E-state index in [0.29, 0.717) is 23.6 Å². The summed E-state index contributed by atoms with van der Waals surface area (Å²) in [6.45, 7) is 3.85. The summed E-state index contributed by atoms with van der Waals surface area (Å²) < 4.78 is 15.2. The fraction of sp³-hybridized carbons (Fsp3) is 0.375. The molecule has 0 radical (unpaired) electrons. The minimum atomic E-state index is -0.358.